The maximum Gasteiger partial charge on any atom is 0.332 e. The zero-order valence-electron chi connectivity index (χ0n) is 15.4. The Kier molecular flexibility index (Phi) is 3.93. The summed E-state index contributed by atoms with van der Waals surface area (Å²) >= 11 is 6.38. The summed E-state index contributed by atoms with van der Waals surface area (Å²) in [7, 11) is 1.50. The molecule has 4 aromatic rings. The number of halogens is 1. The number of hydrogen-bond acceptors (Lipinski definition) is 4. The minimum absolute atomic E-state index is 0.199. The number of aryl methyl sites for hydroxylation is 2. The van der Waals surface area contributed by atoms with Crippen LogP contribution >= 0.6 is 11.6 Å². The van der Waals surface area contributed by atoms with Gasteiger partial charge in [-0.25, -0.2) is 9.36 Å². The van der Waals surface area contributed by atoms with Crippen LogP contribution in [0.1, 0.15) is 11.4 Å². The minimum atomic E-state index is -0.777. The maximum atomic E-state index is 13.0. The Labute approximate surface area is 163 Å². The van der Waals surface area contributed by atoms with E-state index in [0.29, 0.717) is 16.5 Å². The van der Waals surface area contributed by atoms with Crippen LogP contribution in [0.5, 0.6) is 0 Å². The smallest absolute Gasteiger partial charge is 0.332 e. The molecule has 1 aromatic carbocycles. The first-order chi connectivity index (χ1) is 13.2. The van der Waals surface area contributed by atoms with Crippen LogP contribution in [0.15, 0.2) is 33.9 Å². The Morgan fingerprint density at radius 2 is 1.86 bits per heavy atom. The van der Waals surface area contributed by atoms with Crippen molar-refractivity contribution in [1.29, 1.82) is 0 Å². The van der Waals surface area contributed by atoms with E-state index in [4.69, 9.17) is 17.3 Å². The molecule has 0 fully saturated rings. The van der Waals surface area contributed by atoms with Gasteiger partial charge >= 0.3 is 5.69 Å². The number of para-hydroxylation sites is 1. The molecule has 0 aliphatic carbocycles. The van der Waals surface area contributed by atoms with E-state index in [1.165, 1.54) is 11.6 Å². The molecule has 0 saturated heterocycles. The zero-order valence-corrected chi connectivity index (χ0v) is 16.2. The van der Waals surface area contributed by atoms with Gasteiger partial charge < -0.3 is 5.73 Å². The fourth-order valence-corrected chi connectivity index (χ4v) is 3.69. The second-order valence-electron chi connectivity index (χ2n) is 6.58. The van der Waals surface area contributed by atoms with Gasteiger partial charge in [-0.2, -0.15) is 4.98 Å². The lowest BCUT2D eigenvalue weighted by Crippen LogP contribution is -2.42. The summed E-state index contributed by atoms with van der Waals surface area (Å²) in [6.45, 7) is 3.24. The number of benzene rings is 1. The Morgan fingerprint density at radius 3 is 2.50 bits per heavy atom. The summed E-state index contributed by atoms with van der Waals surface area (Å²) in [5.41, 5.74) is 6.65. The molecule has 28 heavy (non-hydrogen) atoms. The van der Waals surface area contributed by atoms with Crippen molar-refractivity contribution in [2.75, 3.05) is 0 Å². The minimum Gasteiger partial charge on any atom is -0.368 e. The van der Waals surface area contributed by atoms with Crippen LogP contribution < -0.4 is 17.0 Å². The molecule has 0 aliphatic heterocycles. The van der Waals surface area contributed by atoms with E-state index in [9.17, 15) is 14.4 Å². The van der Waals surface area contributed by atoms with Crippen LogP contribution in [0.4, 0.5) is 0 Å². The van der Waals surface area contributed by atoms with Crippen LogP contribution in [-0.4, -0.2) is 29.0 Å². The number of amides is 1. The Hall–Kier alpha value is -3.33. The first-order valence-electron chi connectivity index (χ1n) is 8.47. The highest BCUT2D eigenvalue weighted by atomic mass is 35.5. The lowest BCUT2D eigenvalue weighted by molar-refractivity contribution is -0.118. The number of nitrogens with zero attached hydrogens (tertiary/aromatic N) is 5. The monoisotopic (exact) mass is 400 g/mol. The summed E-state index contributed by atoms with van der Waals surface area (Å²) in [6.07, 6.45) is 0. The SMILES string of the molecule is Cc1c(C)n2c3c(=O)n(CC(N)=O)c(=O)n(C)c3nc2n1-c1ccccc1Cl. The van der Waals surface area contributed by atoms with Gasteiger partial charge in [0.05, 0.1) is 10.7 Å². The molecule has 10 heteroatoms. The molecule has 144 valence electrons. The molecule has 3 aromatic heterocycles. The van der Waals surface area contributed by atoms with E-state index in [1.54, 1.807) is 10.5 Å². The van der Waals surface area contributed by atoms with Gasteiger partial charge in [0.15, 0.2) is 11.2 Å². The molecule has 0 aliphatic rings. The number of nitrogens with two attached hydrogens (primary N) is 1. The van der Waals surface area contributed by atoms with E-state index in [1.807, 2.05) is 36.6 Å². The average Bonchev–Trinajstić information content (AvgIpc) is 3.14. The van der Waals surface area contributed by atoms with Gasteiger partial charge in [-0.05, 0) is 26.0 Å². The number of hydrogen-bond donors (Lipinski definition) is 1. The summed E-state index contributed by atoms with van der Waals surface area (Å²) in [6, 6.07) is 7.28. The number of carbonyl (C=O) groups is 1. The second-order valence-corrected chi connectivity index (χ2v) is 6.98. The normalized spacial score (nSPS) is 11.6. The van der Waals surface area contributed by atoms with Crippen LogP contribution in [0.25, 0.3) is 22.6 Å². The van der Waals surface area contributed by atoms with Crippen molar-refractivity contribution >= 4 is 34.4 Å². The topological polar surface area (TPSA) is 109 Å². The van der Waals surface area contributed by atoms with Crippen molar-refractivity contribution in [2.45, 2.75) is 20.4 Å². The number of fused-ring (bicyclic) bond motifs is 3. The summed E-state index contributed by atoms with van der Waals surface area (Å²) in [4.78, 5) is 41.5. The molecular formula is C18H17ClN6O3. The number of carbonyl (C=O) groups excluding carboxylic acids is 1. The van der Waals surface area contributed by atoms with E-state index in [2.05, 4.69) is 4.98 Å². The van der Waals surface area contributed by atoms with Crippen molar-refractivity contribution in [3.63, 3.8) is 0 Å². The van der Waals surface area contributed by atoms with Gasteiger partial charge in [0.25, 0.3) is 5.56 Å². The molecule has 0 saturated carbocycles. The van der Waals surface area contributed by atoms with Crippen LogP contribution in [-0.2, 0) is 18.4 Å². The largest absolute Gasteiger partial charge is 0.368 e. The number of rotatable bonds is 3. The average molecular weight is 401 g/mol. The highest BCUT2D eigenvalue weighted by Gasteiger charge is 2.24. The van der Waals surface area contributed by atoms with Crippen molar-refractivity contribution in [3.8, 4) is 5.69 Å². The Balaban J connectivity index is 2.22. The predicted octanol–water partition coefficient (Wildman–Crippen LogP) is 0.894. The van der Waals surface area contributed by atoms with Crippen molar-refractivity contribution in [1.82, 2.24) is 23.1 Å². The molecule has 2 N–H and O–H groups in total. The third-order valence-electron chi connectivity index (χ3n) is 4.93. The highest BCUT2D eigenvalue weighted by Crippen LogP contribution is 2.28. The fourth-order valence-electron chi connectivity index (χ4n) is 3.47. The second kappa shape index (κ2) is 6.10. The zero-order chi connectivity index (χ0) is 20.3. The van der Waals surface area contributed by atoms with E-state index >= 15 is 0 Å². The van der Waals surface area contributed by atoms with Crippen molar-refractivity contribution in [2.24, 2.45) is 12.8 Å². The Bertz CT molecular complexity index is 1410. The first-order valence-corrected chi connectivity index (χ1v) is 8.85. The fraction of sp³-hybridized carbons (Fsp3) is 0.222. The molecule has 3 heterocycles. The number of primary amides is 1. The molecule has 1 amide bonds. The standard InChI is InChI=1S/C18H17ClN6O3/c1-9-10(2)25-14-15(22(3)18(28)23(16(14)27)8-13(20)26)21-17(25)24(9)12-7-5-4-6-11(12)19/h4-7H,8H2,1-3H3,(H2,20,26). The van der Waals surface area contributed by atoms with Gasteiger partial charge in [0, 0.05) is 18.4 Å². The quantitative estimate of drug-likeness (QED) is 0.550. The molecule has 0 radical (unpaired) electrons. The molecule has 0 unspecified atom stereocenters. The molecule has 4 rings (SSSR count). The molecule has 0 bridgehead atoms. The van der Waals surface area contributed by atoms with Crippen LogP contribution in [0.2, 0.25) is 5.02 Å². The predicted molar refractivity (Wildman–Crippen MR) is 105 cm³/mol. The first kappa shape index (κ1) is 18.1. The van der Waals surface area contributed by atoms with E-state index < -0.39 is 23.7 Å². The molecule has 9 nitrogen and oxygen atoms in total. The number of aromatic nitrogens is 5. The van der Waals surface area contributed by atoms with E-state index in [-0.39, 0.29) is 11.2 Å². The van der Waals surface area contributed by atoms with Gasteiger partial charge in [-0.3, -0.25) is 23.1 Å². The molecule has 0 spiro atoms. The number of imidazole rings is 2. The maximum absolute atomic E-state index is 13.0. The van der Waals surface area contributed by atoms with Crippen molar-refractivity contribution < 1.29 is 4.79 Å². The van der Waals surface area contributed by atoms with Crippen LogP contribution in [0.3, 0.4) is 0 Å². The molecule has 0 atom stereocenters. The summed E-state index contributed by atoms with van der Waals surface area (Å²) in [5.74, 6) is -0.331. The van der Waals surface area contributed by atoms with Gasteiger partial charge in [-0.1, -0.05) is 23.7 Å². The lowest BCUT2D eigenvalue weighted by Gasteiger charge is -2.08. The van der Waals surface area contributed by atoms with Gasteiger partial charge in [0.2, 0.25) is 11.7 Å². The lowest BCUT2D eigenvalue weighted by atomic mass is 10.3. The van der Waals surface area contributed by atoms with Crippen molar-refractivity contribution in [3.05, 3.63) is 61.5 Å². The van der Waals surface area contributed by atoms with Gasteiger partial charge in [-0.15, -0.1) is 0 Å². The van der Waals surface area contributed by atoms with Gasteiger partial charge in [0.1, 0.15) is 6.54 Å². The highest BCUT2D eigenvalue weighted by molar-refractivity contribution is 6.32. The summed E-state index contributed by atoms with van der Waals surface area (Å²) < 4.78 is 5.56. The Morgan fingerprint density at radius 1 is 1.18 bits per heavy atom. The molecular weight excluding hydrogens is 384 g/mol. The third kappa shape index (κ3) is 2.32. The van der Waals surface area contributed by atoms with E-state index in [0.717, 1.165) is 16.0 Å². The van der Waals surface area contributed by atoms with Crippen LogP contribution in [0, 0.1) is 13.8 Å². The summed E-state index contributed by atoms with van der Waals surface area (Å²) in [5, 5.41) is 0.523. The third-order valence-corrected chi connectivity index (χ3v) is 5.25.